The maximum atomic E-state index is 10.00. The van der Waals surface area contributed by atoms with Crippen LogP contribution in [0.15, 0.2) is 72.1 Å². The van der Waals surface area contributed by atoms with Crippen LogP contribution in [0.25, 0.3) is 16.5 Å². The van der Waals surface area contributed by atoms with Crippen molar-refractivity contribution >= 4 is 10.8 Å². The molecule has 2 aromatic carbocycles. The minimum atomic E-state index is -0.259. The fraction of sp³-hybridized carbons (Fsp3) is 0.130. The number of nitrogens with zero attached hydrogens (tertiary/aromatic N) is 4. The van der Waals surface area contributed by atoms with Crippen LogP contribution in [0.1, 0.15) is 29.8 Å². The van der Waals surface area contributed by atoms with Crippen LogP contribution in [0.5, 0.6) is 0 Å². The predicted molar refractivity (Wildman–Crippen MR) is 112 cm³/mol. The number of para-hydroxylation sites is 1. The van der Waals surface area contributed by atoms with Crippen molar-refractivity contribution in [1.82, 2.24) is 14.3 Å². The van der Waals surface area contributed by atoms with E-state index in [1.165, 1.54) is 0 Å². The summed E-state index contributed by atoms with van der Waals surface area (Å²) in [4.78, 5) is 0. The van der Waals surface area contributed by atoms with E-state index in [9.17, 15) is 5.21 Å². The molecule has 0 aliphatic rings. The Bertz CT molecular complexity index is 1300. The lowest BCUT2D eigenvalue weighted by molar-refractivity contribution is 0.297. The molecule has 0 aliphatic carbocycles. The molecule has 4 rings (SSSR count). The molecule has 2 aromatic heterocycles. The highest BCUT2D eigenvalue weighted by molar-refractivity contribution is 5.88. The summed E-state index contributed by atoms with van der Waals surface area (Å²) in [5, 5.41) is 19.5. The molecule has 0 aliphatic heterocycles. The first kappa shape index (κ1) is 18.5. The van der Waals surface area contributed by atoms with E-state index in [4.69, 9.17) is 5.73 Å². The third-order valence-corrected chi connectivity index (χ3v) is 4.72. The fourth-order valence-corrected chi connectivity index (χ4v) is 3.41. The van der Waals surface area contributed by atoms with Crippen molar-refractivity contribution < 1.29 is 5.21 Å². The molecule has 3 N–H and O–H groups in total. The molecule has 1 atom stereocenters. The van der Waals surface area contributed by atoms with Crippen molar-refractivity contribution in [2.45, 2.75) is 13.0 Å². The third-order valence-electron chi connectivity index (χ3n) is 4.72. The van der Waals surface area contributed by atoms with Gasteiger partial charge in [-0.1, -0.05) is 47.3 Å². The fourth-order valence-electron chi connectivity index (χ4n) is 3.41. The summed E-state index contributed by atoms with van der Waals surface area (Å²) < 4.78 is 3.59. The van der Waals surface area contributed by atoms with E-state index in [0.717, 1.165) is 33.3 Å². The Morgan fingerprint density at radius 2 is 1.90 bits per heavy atom. The number of benzene rings is 2. The van der Waals surface area contributed by atoms with Crippen molar-refractivity contribution in [2.75, 3.05) is 0 Å². The van der Waals surface area contributed by atoms with Gasteiger partial charge in [0.05, 0.1) is 11.8 Å². The lowest BCUT2D eigenvalue weighted by Crippen LogP contribution is -2.27. The van der Waals surface area contributed by atoms with Crippen LogP contribution in [-0.2, 0) is 7.05 Å². The van der Waals surface area contributed by atoms with Crippen LogP contribution in [0.2, 0.25) is 0 Å². The first-order chi connectivity index (χ1) is 14.1. The van der Waals surface area contributed by atoms with E-state index in [1.54, 1.807) is 10.9 Å². The molecule has 0 saturated carbocycles. The molecule has 4 aromatic rings. The van der Waals surface area contributed by atoms with Crippen molar-refractivity contribution in [3.8, 4) is 17.5 Å². The van der Waals surface area contributed by atoms with Gasteiger partial charge in [0.1, 0.15) is 0 Å². The van der Waals surface area contributed by atoms with Crippen LogP contribution in [-0.4, -0.2) is 19.6 Å². The number of hydrogen-bond acceptors (Lipinski definition) is 4. The number of hydrogen-bond donors (Lipinski definition) is 2. The summed E-state index contributed by atoms with van der Waals surface area (Å²) in [5.41, 5.74) is 9.95. The number of fused-ring (bicyclic) bond motifs is 1. The summed E-state index contributed by atoms with van der Waals surface area (Å²) in [6.07, 6.45) is 3.57. The second-order valence-corrected chi connectivity index (χ2v) is 6.87. The van der Waals surface area contributed by atoms with E-state index < -0.39 is 0 Å². The summed E-state index contributed by atoms with van der Waals surface area (Å²) >= 11 is 0. The molecule has 6 heteroatoms. The Balaban J connectivity index is 2.05. The number of nitrogens with two attached hydrogens (primary N) is 1. The van der Waals surface area contributed by atoms with Crippen LogP contribution in [0.3, 0.4) is 0 Å². The molecule has 0 bridgehead atoms. The monoisotopic (exact) mass is 383 g/mol. The maximum Gasteiger partial charge on any atom is 0.185 e. The molecule has 0 saturated heterocycles. The molecule has 6 nitrogen and oxygen atoms in total. The zero-order valence-corrected chi connectivity index (χ0v) is 16.2. The highest BCUT2D eigenvalue weighted by atomic mass is 16.4. The van der Waals surface area contributed by atoms with E-state index in [2.05, 4.69) is 22.1 Å². The van der Waals surface area contributed by atoms with E-state index in [0.29, 0.717) is 5.49 Å². The molecule has 0 radical (unpaired) electrons. The van der Waals surface area contributed by atoms with Crippen LogP contribution < -0.4 is 11.2 Å². The van der Waals surface area contributed by atoms with Crippen LogP contribution in [0.4, 0.5) is 0 Å². The van der Waals surface area contributed by atoms with Crippen LogP contribution in [0, 0.1) is 11.8 Å². The van der Waals surface area contributed by atoms with Crippen molar-refractivity contribution in [2.24, 2.45) is 17.9 Å². The molecular weight excluding hydrogens is 362 g/mol. The average Bonchev–Trinajstić information content (AvgIpc) is 3.16. The smallest absolute Gasteiger partial charge is 0.185 e. The Hall–Kier alpha value is -3.82. The quantitative estimate of drug-likeness (QED) is 0.317. The van der Waals surface area contributed by atoms with Gasteiger partial charge in [0.25, 0.3) is 0 Å². The second kappa shape index (κ2) is 7.66. The highest BCUT2D eigenvalue weighted by Crippen LogP contribution is 2.22. The minimum Gasteiger partial charge on any atom is -0.409 e. The summed E-state index contributed by atoms with van der Waals surface area (Å²) in [7, 11) is 1.85. The molecule has 0 amide bonds. The SMILES string of the molecule is CC(N)c1cc2cccc(C#Cc3cnn(C)c3)c2/c(=N\O)n1-c1ccccc1. The molecule has 0 fully saturated rings. The second-order valence-electron chi connectivity index (χ2n) is 6.87. The van der Waals surface area contributed by atoms with Crippen LogP contribution >= 0.6 is 0 Å². The van der Waals surface area contributed by atoms with Gasteiger partial charge < -0.3 is 10.9 Å². The van der Waals surface area contributed by atoms with Gasteiger partial charge in [0, 0.05) is 41.6 Å². The van der Waals surface area contributed by atoms with Gasteiger partial charge in [-0.3, -0.25) is 9.25 Å². The van der Waals surface area contributed by atoms with Crippen molar-refractivity contribution in [3.05, 3.63) is 89.3 Å². The van der Waals surface area contributed by atoms with E-state index in [-0.39, 0.29) is 6.04 Å². The number of pyridine rings is 1. The van der Waals surface area contributed by atoms with E-state index in [1.807, 2.05) is 79.3 Å². The van der Waals surface area contributed by atoms with Gasteiger partial charge in [-0.05, 0) is 36.6 Å². The predicted octanol–water partition coefficient (Wildman–Crippen LogP) is 3.07. The maximum absolute atomic E-state index is 10.00. The zero-order valence-electron chi connectivity index (χ0n) is 16.2. The first-order valence-electron chi connectivity index (χ1n) is 9.27. The normalized spacial score (nSPS) is 12.6. The molecular formula is C23H21N5O. The summed E-state index contributed by atoms with van der Waals surface area (Å²) in [5.74, 6) is 6.33. The van der Waals surface area contributed by atoms with Crippen molar-refractivity contribution in [1.29, 1.82) is 0 Å². The lowest BCUT2D eigenvalue weighted by Gasteiger charge is -2.19. The van der Waals surface area contributed by atoms with Gasteiger partial charge in [0.2, 0.25) is 0 Å². The minimum absolute atomic E-state index is 0.259. The largest absolute Gasteiger partial charge is 0.409 e. The summed E-state index contributed by atoms with van der Waals surface area (Å²) in [6, 6.07) is 17.3. The molecule has 144 valence electrons. The molecule has 29 heavy (non-hydrogen) atoms. The van der Waals surface area contributed by atoms with E-state index >= 15 is 0 Å². The standard InChI is InChI=1S/C23H21N5O/c1-16(24)21-13-19-8-6-7-18(12-11-17-14-25-27(2)15-17)22(19)23(26-29)28(21)20-9-4-3-5-10-20/h3-10,13-16,29H,24H2,1-2H3/b26-23+. The van der Waals surface area contributed by atoms with Crippen molar-refractivity contribution in [3.63, 3.8) is 0 Å². The highest BCUT2D eigenvalue weighted by Gasteiger charge is 2.15. The van der Waals surface area contributed by atoms with Gasteiger partial charge in [-0.15, -0.1) is 0 Å². The number of rotatable bonds is 2. The first-order valence-corrected chi connectivity index (χ1v) is 9.27. The number of aryl methyl sites for hydroxylation is 1. The Morgan fingerprint density at radius 1 is 1.10 bits per heavy atom. The van der Waals surface area contributed by atoms with Gasteiger partial charge >= 0.3 is 0 Å². The Morgan fingerprint density at radius 3 is 2.55 bits per heavy atom. The average molecular weight is 383 g/mol. The zero-order chi connectivity index (χ0) is 20.4. The topological polar surface area (TPSA) is 81.4 Å². The molecule has 0 spiro atoms. The lowest BCUT2D eigenvalue weighted by atomic mass is 10.0. The Kier molecular flexibility index (Phi) is 4.90. The van der Waals surface area contributed by atoms with Gasteiger partial charge in [0.15, 0.2) is 5.49 Å². The third kappa shape index (κ3) is 3.51. The Labute approximate surface area is 168 Å². The number of aromatic nitrogens is 3. The summed E-state index contributed by atoms with van der Waals surface area (Å²) in [6.45, 7) is 1.91. The molecule has 1 unspecified atom stereocenters. The van der Waals surface area contributed by atoms with Gasteiger partial charge in [-0.25, -0.2) is 0 Å². The van der Waals surface area contributed by atoms with Gasteiger partial charge in [-0.2, -0.15) is 5.10 Å². The molecule has 2 heterocycles.